The van der Waals surface area contributed by atoms with Crippen molar-refractivity contribution in [3.05, 3.63) is 0 Å². The summed E-state index contributed by atoms with van der Waals surface area (Å²) >= 11 is 0. The van der Waals surface area contributed by atoms with E-state index in [4.69, 9.17) is 9.47 Å². The van der Waals surface area contributed by atoms with Crippen molar-refractivity contribution in [1.29, 1.82) is 0 Å². The van der Waals surface area contributed by atoms with E-state index < -0.39 is 5.60 Å². The first-order valence-electron chi connectivity index (χ1n) is 7.21. The predicted molar refractivity (Wildman–Crippen MR) is 70.7 cm³/mol. The topological polar surface area (TPSA) is 41.9 Å². The molecule has 2 aliphatic heterocycles. The number of nitrogens with zero attached hydrogens (tertiary/aromatic N) is 1. The van der Waals surface area contributed by atoms with Gasteiger partial charge in [-0.15, -0.1) is 0 Å². The van der Waals surface area contributed by atoms with Gasteiger partial charge < -0.3 is 19.5 Å². The molecule has 0 aromatic heterocycles. The molecule has 4 nitrogen and oxygen atoms in total. The summed E-state index contributed by atoms with van der Waals surface area (Å²) in [7, 11) is 0. The molecule has 106 valence electrons. The largest absolute Gasteiger partial charge is 0.389 e. The molecule has 0 aromatic rings. The summed E-state index contributed by atoms with van der Waals surface area (Å²) in [5.74, 6) is 0. The van der Waals surface area contributed by atoms with Crippen LogP contribution >= 0.6 is 0 Å². The van der Waals surface area contributed by atoms with E-state index in [9.17, 15) is 5.11 Å². The first-order chi connectivity index (χ1) is 8.53. The van der Waals surface area contributed by atoms with Crippen molar-refractivity contribution in [2.75, 3.05) is 32.8 Å². The highest BCUT2D eigenvalue weighted by molar-refractivity contribution is 4.79. The number of piperidine rings is 1. The van der Waals surface area contributed by atoms with Crippen LogP contribution in [0.1, 0.15) is 39.5 Å². The summed E-state index contributed by atoms with van der Waals surface area (Å²) < 4.78 is 11.5. The van der Waals surface area contributed by atoms with Gasteiger partial charge in [0.2, 0.25) is 0 Å². The molecule has 2 fully saturated rings. The fraction of sp³-hybridized carbons (Fsp3) is 1.00. The maximum atomic E-state index is 9.81. The van der Waals surface area contributed by atoms with Crippen molar-refractivity contribution < 1.29 is 14.6 Å². The molecule has 4 heteroatoms. The van der Waals surface area contributed by atoms with Crippen molar-refractivity contribution >= 4 is 0 Å². The molecule has 0 aliphatic carbocycles. The van der Waals surface area contributed by atoms with E-state index in [-0.39, 0.29) is 0 Å². The van der Waals surface area contributed by atoms with Gasteiger partial charge in [-0.1, -0.05) is 0 Å². The fourth-order valence-corrected chi connectivity index (χ4v) is 2.83. The van der Waals surface area contributed by atoms with Crippen molar-refractivity contribution in [2.24, 2.45) is 0 Å². The molecule has 0 saturated carbocycles. The number of β-amino-alcohol motifs (C(OH)–C–C–N with tert-alkyl or cyclic N) is 1. The van der Waals surface area contributed by atoms with Crippen LogP contribution in [0, 0.1) is 0 Å². The second-order valence-corrected chi connectivity index (χ2v) is 6.24. The van der Waals surface area contributed by atoms with Crippen LogP contribution in [0.4, 0.5) is 0 Å². The molecular weight excluding hydrogens is 230 g/mol. The quantitative estimate of drug-likeness (QED) is 0.827. The van der Waals surface area contributed by atoms with Crippen LogP contribution in [0.3, 0.4) is 0 Å². The Hall–Kier alpha value is -0.160. The van der Waals surface area contributed by atoms with Gasteiger partial charge in [-0.3, -0.25) is 0 Å². The maximum Gasteiger partial charge on any atom is 0.0718 e. The van der Waals surface area contributed by atoms with Crippen molar-refractivity contribution in [3.63, 3.8) is 0 Å². The van der Waals surface area contributed by atoms with Crippen LogP contribution in [0.15, 0.2) is 0 Å². The lowest BCUT2D eigenvalue weighted by Gasteiger charge is -2.37. The number of hydrogen-bond acceptors (Lipinski definition) is 4. The molecule has 1 N–H and O–H groups in total. The smallest absolute Gasteiger partial charge is 0.0718 e. The molecule has 0 radical (unpaired) electrons. The average molecular weight is 257 g/mol. The van der Waals surface area contributed by atoms with Gasteiger partial charge in [0.15, 0.2) is 0 Å². The molecule has 2 rings (SSSR count). The van der Waals surface area contributed by atoms with Gasteiger partial charge >= 0.3 is 0 Å². The minimum absolute atomic E-state index is 0.407. The summed E-state index contributed by atoms with van der Waals surface area (Å²) in [5, 5.41) is 9.81. The van der Waals surface area contributed by atoms with E-state index in [0.29, 0.717) is 12.2 Å². The van der Waals surface area contributed by atoms with E-state index >= 15 is 0 Å². The summed E-state index contributed by atoms with van der Waals surface area (Å²) in [6.45, 7) is 8.28. The summed E-state index contributed by atoms with van der Waals surface area (Å²) in [5.41, 5.74) is -0.589. The van der Waals surface area contributed by atoms with Gasteiger partial charge in [0.1, 0.15) is 0 Å². The number of likely N-dealkylation sites (tertiary alicyclic amines) is 1. The fourth-order valence-electron chi connectivity index (χ4n) is 2.83. The molecule has 0 bridgehead atoms. The Morgan fingerprint density at radius 1 is 1.11 bits per heavy atom. The third-order valence-corrected chi connectivity index (χ3v) is 3.70. The van der Waals surface area contributed by atoms with E-state index in [2.05, 4.69) is 4.90 Å². The third kappa shape index (κ3) is 4.84. The Labute approximate surface area is 110 Å². The average Bonchev–Trinajstić information content (AvgIpc) is 2.31. The van der Waals surface area contributed by atoms with Crippen LogP contribution in [0.25, 0.3) is 0 Å². The second kappa shape index (κ2) is 6.33. The normalized spacial score (nSPS) is 25.5. The number of aliphatic hydroxyl groups is 1. The zero-order valence-electron chi connectivity index (χ0n) is 11.7. The van der Waals surface area contributed by atoms with Crippen molar-refractivity contribution in [2.45, 2.75) is 57.3 Å². The molecule has 0 atom stereocenters. The van der Waals surface area contributed by atoms with E-state index in [1.807, 2.05) is 13.8 Å². The molecule has 0 unspecified atom stereocenters. The van der Waals surface area contributed by atoms with Gasteiger partial charge in [0.05, 0.1) is 17.8 Å². The zero-order valence-corrected chi connectivity index (χ0v) is 11.7. The number of hydrogen-bond donors (Lipinski definition) is 1. The van der Waals surface area contributed by atoms with Gasteiger partial charge in [0, 0.05) is 32.8 Å². The predicted octanol–water partition coefficient (Wildman–Crippen LogP) is 1.42. The lowest BCUT2D eigenvalue weighted by atomic mass is 10.0. The Balaban J connectivity index is 1.66. The molecule has 0 amide bonds. The monoisotopic (exact) mass is 257 g/mol. The molecular formula is C14H27NO3. The van der Waals surface area contributed by atoms with Crippen molar-refractivity contribution in [3.8, 4) is 0 Å². The SMILES string of the molecule is CC(C)(O)CN1CCC(OC2CCOCC2)CC1. The van der Waals surface area contributed by atoms with Gasteiger partial charge in [0.25, 0.3) is 0 Å². The van der Waals surface area contributed by atoms with Crippen LogP contribution < -0.4 is 0 Å². The lowest BCUT2D eigenvalue weighted by Crippen LogP contribution is -2.45. The second-order valence-electron chi connectivity index (χ2n) is 6.24. The molecule has 2 saturated heterocycles. The summed E-state index contributed by atoms with van der Waals surface area (Å²) in [6, 6.07) is 0. The van der Waals surface area contributed by atoms with E-state index in [1.54, 1.807) is 0 Å². The summed E-state index contributed by atoms with van der Waals surface area (Å²) in [6.07, 6.45) is 5.09. The highest BCUT2D eigenvalue weighted by Gasteiger charge is 2.26. The highest BCUT2D eigenvalue weighted by Crippen LogP contribution is 2.20. The van der Waals surface area contributed by atoms with Gasteiger partial charge in [-0.2, -0.15) is 0 Å². The van der Waals surface area contributed by atoms with Gasteiger partial charge in [-0.05, 0) is 39.5 Å². The Kier molecular flexibility index (Phi) is 5.01. The van der Waals surface area contributed by atoms with Gasteiger partial charge in [-0.25, -0.2) is 0 Å². The molecule has 0 aromatic carbocycles. The maximum absolute atomic E-state index is 9.81. The van der Waals surface area contributed by atoms with Crippen molar-refractivity contribution in [1.82, 2.24) is 4.90 Å². The van der Waals surface area contributed by atoms with E-state index in [1.165, 1.54) is 0 Å². The highest BCUT2D eigenvalue weighted by atomic mass is 16.5. The molecule has 2 aliphatic rings. The minimum Gasteiger partial charge on any atom is -0.389 e. The zero-order chi connectivity index (χ0) is 13.0. The van der Waals surface area contributed by atoms with E-state index in [0.717, 1.165) is 58.5 Å². The van der Waals surface area contributed by atoms with Crippen LogP contribution in [0.2, 0.25) is 0 Å². The Bertz CT molecular complexity index is 238. The first-order valence-corrected chi connectivity index (χ1v) is 7.21. The lowest BCUT2D eigenvalue weighted by molar-refractivity contribution is -0.0887. The molecule has 18 heavy (non-hydrogen) atoms. The van der Waals surface area contributed by atoms with Crippen LogP contribution in [-0.4, -0.2) is 60.7 Å². The first kappa shape index (κ1) is 14.3. The standard InChI is InChI=1S/C14H27NO3/c1-14(2,16)11-15-7-3-12(4-8-15)18-13-5-9-17-10-6-13/h12-13,16H,3-11H2,1-2H3. The van der Waals surface area contributed by atoms with Crippen LogP contribution in [-0.2, 0) is 9.47 Å². The minimum atomic E-state index is -0.589. The van der Waals surface area contributed by atoms with Crippen LogP contribution in [0.5, 0.6) is 0 Å². The Morgan fingerprint density at radius 3 is 2.22 bits per heavy atom. The summed E-state index contributed by atoms with van der Waals surface area (Å²) in [4.78, 5) is 2.34. The number of rotatable bonds is 4. The molecule has 2 heterocycles. The third-order valence-electron chi connectivity index (χ3n) is 3.70. The number of ether oxygens (including phenoxy) is 2. The molecule has 0 spiro atoms. The Morgan fingerprint density at radius 2 is 1.67 bits per heavy atom.